The largest absolute Gasteiger partial charge is 0.446 e. The highest BCUT2D eigenvalue weighted by Crippen LogP contribution is 2.16. The van der Waals surface area contributed by atoms with Crippen molar-refractivity contribution in [3.05, 3.63) is 71.8 Å². The summed E-state index contributed by atoms with van der Waals surface area (Å²) in [5.41, 5.74) is 7.76. The molecule has 16 nitrogen and oxygen atoms in total. The number of hydrogen-bond donors (Lipinski definition) is 4. The molecule has 0 atom stereocenters. The Balaban J connectivity index is 0.000000176. The Morgan fingerprint density at radius 3 is 1.39 bits per heavy atom. The Morgan fingerprint density at radius 1 is 0.576 bits per heavy atom. The fraction of sp³-hybridized carbons (Fsp3) is 0.628. The van der Waals surface area contributed by atoms with Crippen LogP contribution in [-0.2, 0) is 41.6 Å². The van der Waals surface area contributed by atoms with Gasteiger partial charge in [0, 0.05) is 70.0 Å². The van der Waals surface area contributed by atoms with E-state index in [-0.39, 0.29) is 61.3 Å². The first-order valence-corrected chi connectivity index (χ1v) is 21.3. The molecule has 326 valence electrons. The molecular formula is C43H64N6O10. The van der Waals surface area contributed by atoms with Crippen molar-refractivity contribution in [2.75, 3.05) is 65.7 Å². The van der Waals surface area contributed by atoms with Gasteiger partial charge < -0.3 is 59.9 Å². The van der Waals surface area contributed by atoms with E-state index < -0.39 is 0 Å². The molecule has 2 aromatic carbocycles. The van der Waals surface area contributed by atoms with Crippen LogP contribution in [0, 0.1) is 0 Å². The zero-order valence-corrected chi connectivity index (χ0v) is 34.3. The van der Waals surface area contributed by atoms with Gasteiger partial charge in [0.25, 0.3) is 0 Å². The van der Waals surface area contributed by atoms with Crippen molar-refractivity contribution in [1.29, 1.82) is 0 Å². The summed E-state index contributed by atoms with van der Waals surface area (Å²) in [5, 5.41) is 9.09. The molecule has 5 fully saturated rings. The van der Waals surface area contributed by atoms with E-state index >= 15 is 0 Å². The number of amides is 4. The van der Waals surface area contributed by atoms with Gasteiger partial charge in [0.2, 0.25) is 0 Å². The Hall–Kier alpha value is -4.64. The van der Waals surface area contributed by atoms with Gasteiger partial charge >= 0.3 is 24.4 Å². The van der Waals surface area contributed by atoms with Crippen LogP contribution in [0.3, 0.4) is 0 Å². The van der Waals surface area contributed by atoms with Gasteiger partial charge in [0.1, 0.15) is 25.4 Å². The average molecular weight is 825 g/mol. The van der Waals surface area contributed by atoms with Gasteiger partial charge in [-0.2, -0.15) is 0 Å². The van der Waals surface area contributed by atoms with Crippen molar-refractivity contribution in [3.8, 4) is 0 Å². The third-order valence-electron chi connectivity index (χ3n) is 10.8. The maximum absolute atomic E-state index is 12.1. The molecule has 5 N–H and O–H groups in total. The van der Waals surface area contributed by atoms with Crippen molar-refractivity contribution in [3.63, 3.8) is 0 Å². The Labute approximate surface area is 348 Å². The van der Waals surface area contributed by atoms with E-state index in [1.807, 2.05) is 60.7 Å². The quantitative estimate of drug-likeness (QED) is 0.259. The summed E-state index contributed by atoms with van der Waals surface area (Å²) in [5.74, 6) is 0. The molecule has 0 aliphatic carbocycles. The number of alkyl carbamates (subject to hydrolysis) is 2. The molecule has 5 saturated heterocycles. The number of nitrogens with one attached hydrogen (secondary N) is 3. The van der Waals surface area contributed by atoms with Crippen LogP contribution < -0.4 is 21.7 Å². The van der Waals surface area contributed by atoms with E-state index in [1.165, 1.54) is 0 Å². The summed E-state index contributed by atoms with van der Waals surface area (Å²) in [6, 6.07) is 19.8. The predicted molar refractivity (Wildman–Crippen MR) is 219 cm³/mol. The molecule has 59 heavy (non-hydrogen) atoms. The molecule has 7 rings (SSSR count). The molecule has 0 aromatic heterocycles. The molecule has 0 spiro atoms. The van der Waals surface area contributed by atoms with E-state index in [0.29, 0.717) is 72.1 Å². The minimum Gasteiger partial charge on any atom is -0.446 e. The second kappa shape index (κ2) is 25.8. The second-order valence-electron chi connectivity index (χ2n) is 15.4. The molecular weight excluding hydrogens is 761 g/mol. The number of likely N-dealkylation sites (tertiary alicyclic amines) is 2. The summed E-state index contributed by atoms with van der Waals surface area (Å²) in [4.78, 5) is 50.9. The summed E-state index contributed by atoms with van der Waals surface area (Å²) >= 11 is 0. The van der Waals surface area contributed by atoms with Crippen molar-refractivity contribution in [2.24, 2.45) is 5.73 Å². The zero-order chi connectivity index (χ0) is 41.5. The molecule has 5 aliphatic rings. The zero-order valence-electron chi connectivity index (χ0n) is 34.3. The highest BCUT2D eigenvalue weighted by molar-refractivity contribution is 5.69. The number of benzene rings is 2. The van der Waals surface area contributed by atoms with Crippen LogP contribution in [0.15, 0.2) is 60.7 Å². The van der Waals surface area contributed by atoms with E-state index in [9.17, 15) is 19.2 Å². The summed E-state index contributed by atoms with van der Waals surface area (Å²) in [7, 11) is 0. The number of nitrogens with two attached hydrogens (primary N) is 1. The fourth-order valence-corrected chi connectivity index (χ4v) is 7.17. The van der Waals surface area contributed by atoms with E-state index in [1.54, 1.807) is 9.80 Å². The number of nitrogens with zero attached hydrogens (tertiary/aromatic N) is 2. The highest BCUT2D eigenvalue weighted by Gasteiger charge is 2.27. The highest BCUT2D eigenvalue weighted by atomic mass is 16.6. The van der Waals surface area contributed by atoms with Gasteiger partial charge in [-0.05, 0) is 62.7 Å². The number of carbonyl (C=O) groups is 4. The van der Waals surface area contributed by atoms with Crippen molar-refractivity contribution in [1.82, 2.24) is 25.8 Å². The maximum Gasteiger partial charge on any atom is 0.410 e. The predicted octanol–water partition coefficient (Wildman–Crippen LogP) is 5.08. The fourth-order valence-electron chi connectivity index (χ4n) is 7.17. The number of carbonyl (C=O) groups excluding carboxylic acids is 4. The topological polar surface area (TPSA) is 192 Å². The summed E-state index contributed by atoms with van der Waals surface area (Å²) in [6.07, 6.45) is 7.03. The second-order valence-corrected chi connectivity index (χ2v) is 15.4. The Morgan fingerprint density at radius 2 is 0.966 bits per heavy atom. The van der Waals surface area contributed by atoms with Crippen LogP contribution in [0.1, 0.15) is 75.3 Å². The van der Waals surface area contributed by atoms with E-state index in [2.05, 4.69) is 16.0 Å². The summed E-state index contributed by atoms with van der Waals surface area (Å²) in [6.45, 7) is 7.77. The first-order chi connectivity index (χ1) is 28.8. The van der Waals surface area contributed by atoms with Gasteiger partial charge in [-0.25, -0.2) is 19.2 Å². The standard InChI is InChI=1S/C19H26N2O5.C13H18N2O2.C11H20N2O3/c22-18(26-17-8-12-24-13-9-17)20-16-6-10-21(11-7-16)19(23)25-14-15-4-2-1-3-5-15;14-12-6-8-15(9-7-12)13(16)17-10-11-4-2-1-3-5-11;14-11(13-9-1-5-12-6-2-9)16-10-3-7-15-8-4-10/h1-5,16-17H,6-14H2,(H,20,22);1-5,12H,6-10,14H2;9-10,12H,1-8H2,(H,13,14). The lowest BCUT2D eigenvalue weighted by atomic mass is 10.1. The summed E-state index contributed by atoms with van der Waals surface area (Å²) < 4.78 is 31.8. The van der Waals surface area contributed by atoms with Crippen LogP contribution in [0.2, 0.25) is 0 Å². The lowest BCUT2D eigenvalue weighted by Crippen LogP contribution is -2.47. The lowest BCUT2D eigenvalue weighted by Gasteiger charge is -2.32. The SMILES string of the molecule is NC1CCN(C(=O)OCc2ccccc2)CC1.O=C(NC1CCN(C(=O)OCc2ccccc2)CC1)OC1CCOCC1.O=C(NC1CCNCC1)OC1CCOCC1. The van der Waals surface area contributed by atoms with E-state index in [4.69, 9.17) is 34.2 Å². The lowest BCUT2D eigenvalue weighted by molar-refractivity contribution is -0.000315. The van der Waals surface area contributed by atoms with E-state index in [0.717, 1.165) is 75.6 Å². The molecule has 0 saturated carbocycles. The number of piperidine rings is 3. The van der Waals surface area contributed by atoms with Crippen molar-refractivity contribution < 1.29 is 47.6 Å². The van der Waals surface area contributed by atoms with Crippen LogP contribution in [0.5, 0.6) is 0 Å². The van der Waals surface area contributed by atoms with Crippen LogP contribution in [-0.4, -0.2) is 130 Å². The molecule has 0 bridgehead atoms. The Bertz CT molecular complexity index is 1490. The first kappa shape index (κ1) is 45.4. The third kappa shape index (κ3) is 17.6. The third-order valence-corrected chi connectivity index (χ3v) is 10.8. The molecule has 0 unspecified atom stereocenters. The molecule has 2 aromatic rings. The minimum absolute atomic E-state index is 0.0283. The van der Waals surface area contributed by atoms with Crippen molar-refractivity contribution in [2.45, 2.75) is 108 Å². The number of rotatable bonds is 8. The van der Waals surface area contributed by atoms with Gasteiger partial charge in [0.15, 0.2) is 0 Å². The number of hydrogen-bond acceptors (Lipinski definition) is 12. The maximum atomic E-state index is 12.1. The van der Waals surface area contributed by atoms with Crippen molar-refractivity contribution >= 4 is 24.4 Å². The first-order valence-electron chi connectivity index (χ1n) is 21.3. The van der Waals surface area contributed by atoms with Gasteiger partial charge in [0.05, 0.1) is 26.4 Å². The smallest absolute Gasteiger partial charge is 0.410 e. The monoisotopic (exact) mass is 824 g/mol. The molecule has 0 radical (unpaired) electrons. The molecule has 5 heterocycles. The normalized spacial score (nSPS) is 19.7. The Kier molecular flexibility index (Phi) is 19.8. The van der Waals surface area contributed by atoms with Crippen LogP contribution in [0.4, 0.5) is 19.2 Å². The molecule has 5 aliphatic heterocycles. The van der Waals surface area contributed by atoms with Crippen LogP contribution in [0.25, 0.3) is 0 Å². The van der Waals surface area contributed by atoms with Gasteiger partial charge in [-0.3, -0.25) is 0 Å². The van der Waals surface area contributed by atoms with Gasteiger partial charge in [-0.15, -0.1) is 0 Å². The molecule has 16 heteroatoms. The minimum atomic E-state index is -0.373. The average Bonchev–Trinajstić information content (AvgIpc) is 3.27. The molecule has 4 amide bonds. The van der Waals surface area contributed by atoms with Gasteiger partial charge in [-0.1, -0.05) is 60.7 Å². The van der Waals surface area contributed by atoms with Crippen LogP contribution >= 0.6 is 0 Å². The number of ether oxygens (including phenoxy) is 6.